The average Bonchev–Trinajstić information content (AvgIpc) is 2.27. The van der Waals surface area contributed by atoms with E-state index in [1.165, 1.54) is 0 Å². The fraction of sp³-hybridized carbons (Fsp3) is 0.462. The molecule has 1 aromatic carbocycles. The summed E-state index contributed by atoms with van der Waals surface area (Å²) in [5, 5.41) is 7.44. The van der Waals surface area contributed by atoms with Crippen LogP contribution in [0.4, 0.5) is 0 Å². The molecule has 19 heavy (non-hydrogen) atoms. The molecule has 0 fully saturated rings. The van der Waals surface area contributed by atoms with Crippen LogP contribution in [0.3, 0.4) is 0 Å². The first-order valence-corrected chi connectivity index (χ1v) is 7.69. The minimum absolute atomic E-state index is 0.157. The van der Waals surface area contributed by atoms with E-state index in [0.717, 1.165) is 12.0 Å². The second-order valence-electron chi connectivity index (χ2n) is 4.69. The number of nitrogens with two attached hydrogens (primary N) is 1. The minimum Gasteiger partial charge on any atom is -0.386 e. The highest BCUT2D eigenvalue weighted by Gasteiger charge is 2.22. The molecule has 0 aromatic heterocycles. The Morgan fingerprint density at radius 2 is 2.05 bits per heavy atom. The number of rotatable bonds is 6. The smallest absolute Gasteiger partial charge is 0.241 e. The molecule has 0 bridgehead atoms. The van der Waals surface area contributed by atoms with E-state index in [0.29, 0.717) is 12.0 Å². The van der Waals surface area contributed by atoms with E-state index in [-0.39, 0.29) is 10.7 Å². The topological polar surface area (TPSA) is 96.0 Å². The van der Waals surface area contributed by atoms with Crippen molar-refractivity contribution in [1.82, 2.24) is 4.72 Å². The van der Waals surface area contributed by atoms with Crippen molar-refractivity contribution in [3.05, 3.63) is 29.3 Å². The first kappa shape index (κ1) is 15.7. The summed E-state index contributed by atoms with van der Waals surface area (Å²) in [4.78, 5) is 0.237. The Morgan fingerprint density at radius 3 is 2.53 bits per heavy atom. The Labute approximate surface area is 114 Å². The summed E-state index contributed by atoms with van der Waals surface area (Å²) in [7, 11) is -3.64. The van der Waals surface area contributed by atoms with E-state index in [2.05, 4.69) is 4.72 Å². The molecule has 1 atom stereocenters. The number of hydrogen-bond donors (Lipinski definition) is 3. The number of aryl methyl sites for hydroxylation is 2. The zero-order valence-electron chi connectivity index (χ0n) is 11.5. The number of sulfonamides is 1. The van der Waals surface area contributed by atoms with Gasteiger partial charge in [-0.3, -0.25) is 5.41 Å². The highest BCUT2D eigenvalue weighted by Crippen LogP contribution is 2.17. The molecule has 0 aliphatic heterocycles. The van der Waals surface area contributed by atoms with E-state index in [9.17, 15) is 8.42 Å². The van der Waals surface area contributed by atoms with Crippen LogP contribution in [-0.2, 0) is 10.0 Å². The van der Waals surface area contributed by atoms with Gasteiger partial charge in [0.15, 0.2) is 0 Å². The van der Waals surface area contributed by atoms with Crippen LogP contribution in [0.2, 0.25) is 0 Å². The summed E-state index contributed by atoms with van der Waals surface area (Å²) in [5.74, 6) is -0.157. The maximum Gasteiger partial charge on any atom is 0.241 e. The highest BCUT2D eigenvalue weighted by molar-refractivity contribution is 7.89. The van der Waals surface area contributed by atoms with Crippen molar-refractivity contribution in [2.24, 2.45) is 5.73 Å². The summed E-state index contributed by atoms with van der Waals surface area (Å²) in [6.45, 7) is 5.58. The Kier molecular flexibility index (Phi) is 5.08. The van der Waals surface area contributed by atoms with Gasteiger partial charge in [0.1, 0.15) is 5.84 Å². The predicted molar refractivity (Wildman–Crippen MR) is 76.8 cm³/mol. The third-order valence-corrected chi connectivity index (χ3v) is 4.50. The molecular formula is C13H21N3O2S. The SMILES string of the molecule is CCCC(NS(=O)(=O)c1ccc(C)cc1C)C(=N)N. The molecule has 0 aliphatic rings. The summed E-state index contributed by atoms with van der Waals surface area (Å²) < 4.78 is 27.1. The van der Waals surface area contributed by atoms with Crippen molar-refractivity contribution in [1.29, 1.82) is 5.41 Å². The quantitative estimate of drug-likeness (QED) is 0.547. The average molecular weight is 283 g/mol. The molecule has 4 N–H and O–H groups in total. The lowest BCUT2D eigenvalue weighted by Crippen LogP contribution is -2.44. The first-order chi connectivity index (χ1) is 8.77. The van der Waals surface area contributed by atoms with Crippen LogP contribution >= 0.6 is 0 Å². The Morgan fingerprint density at radius 1 is 1.42 bits per heavy atom. The number of amidine groups is 1. The fourth-order valence-electron chi connectivity index (χ4n) is 1.92. The Hall–Kier alpha value is -1.40. The monoisotopic (exact) mass is 283 g/mol. The van der Waals surface area contributed by atoms with E-state index in [1.807, 2.05) is 19.9 Å². The van der Waals surface area contributed by atoms with Gasteiger partial charge in [0.2, 0.25) is 10.0 Å². The van der Waals surface area contributed by atoms with Crippen LogP contribution in [0.15, 0.2) is 23.1 Å². The Balaban J connectivity index is 3.06. The lowest BCUT2D eigenvalue weighted by Gasteiger charge is -2.17. The molecule has 0 radical (unpaired) electrons. The van der Waals surface area contributed by atoms with Gasteiger partial charge in [-0.1, -0.05) is 31.0 Å². The van der Waals surface area contributed by atoms with E-state index >= 15 is 0 Å². The van der Waals surface area contributed by atoms with Gasteiger partial charge in [-0.25, -0.2) is 13.1 Å². The van der Waals surface area contributed by atoms with Gasteiger partial charge in [-0.05, 0) is 31.9 Å². The normalized spacial score (nSPS) is 13.2. The molecule has 0 aliphatic carbocycles. The first-order valence-electron chi connectivity index (χ1n) is 6.21. The molecule has 0 saturated heterocycles. The molecule has 0 heterocycles. The van der Waals surface area contributed by atoms with Gasteiger partial charge in [-0.15, -0.1) is 0 Å². The van der Waals surface area contributed by atoms with Crippen molar-refractivity contribution < 1.29 is 8.42 Å². The van der Waals surface area contributed by atoms with Crippen LogP contribution in [0, 0.1) is 19.3 Å². The van der Waals surface area contributed by atoms with Crippen LogP contribution in [0.5, 0.6) is 0 Å². The molecule has 106 valence electrons. The molecule has 0 amide bonds. The van der Waals surface area contributed by atoms with Crippen molar-refractivity contribution in [2.75, 3.05) is 0 Å². The molecule has 1 unspecified atom stereocenters. The molecule has 1 aromatic rings. The second kappa shape index (κ2) is 6.16. The van der Waals surface area contributed by atoms with Crippen LogP contribution < -0.4 is 10.5 Å². The zero-order chi connectivity index (χ0) is 14.6. The third-order valence-electron chi connectivity index (χ3n) is 2.87. The predicted octanol–water partition coefficient (Wildman–Crippen LogP) is 1.69. The van der Waals surface area contributed by atoms with Crippen molar-refractivity contribution in [3.8, 4) is 0 Å². The largest absolute Gasteiger partial charge is 0.386 e. The van der Waals surface area contributed by atoms with Gasteiger partial charge in [-0.2, -0.15) is 0 Å². The second-order valence-corrected chi connectivity index (χ2v) is 6.37. The molecule has 5 nitrogen and oxygen atoms in total. The third kappa shape index (κ3) is 4.04. The van der Waals surface area contributed by atoms with Gasteiger partial charge in [0.25, 0.3) is 0 Å². The number of hydrogen-bond acceptors (Lipinski definition) is 3. The van der Waals surface area contributed by atoms with Crippen molar-refractivity contribution in [3.63, 3.8) is 0 Å². The Bertz CT molecular complexity index is 567. The minimum atomic E-state index is -3.64. The van der Waals surface area contributed by atoms with Gasteiger partial charge >= 0.3 is 0 Å². The van der Waals surface area contributed by atoms with Crippen LogP contribution in [-0.4, -0.2) is 20.3 Å². The lowest BCUT2D eigenvalue weighted by molar-refractivity contribution is 0.565. The van der Waals surface area contributed by atoms with Gasteiger partial charge in [0.05, 0.1) is 10.9 Å². The van der Waals surface area contributed by atoms with Gasteiger partial charge in [0, 0.05) is 0 Å². The summed E-state index contributed by atoms with van der Waals surface area (Å²) >= 11 is 0. The molecule has 0 spiro atoms. The van der Waals surface area contributed by atoms with E-state index in [4.69, 9.17) is 11.1 Å². The van der Waals surface area contributed by atoms with Crippen molar-refractivity contribution in [2.45, 2.75) is 44.6 Å². The van der Waals surface area contributed by atoms with Gasteiger partial charge < -0.3 is 5.73 Å². The molecule has 0 saturated carbocycles. The van der Waals surface area contributed by atoms with E-state index < -0.39 is 16.1 Å². The summed E-state index contributed by atoms with van der Waals surface area (Å²) in [6, 6.07) is 4.51. The lowest BCUT2D eigenvalue weighted by atomic mass is 10.2. The van der Waals surface area contributed by atoms with E-state index in [1.54, 1.807) is 19.1 Å². The maximum atomic E-state index is 12.3. The number of benzene rings is 1. The fourth-order valence-corrected chi connectivity index (χ4v) is 3.39. The summed E-state index contributed by atoms with van der Waals surface area (Å²) in [5.41, 5.74) is 7.12. The maximum absolute atomic E-state index is 12.3. The zero-order valence-corrected chi connectivity index (χ0v) is 12.3. The van der Waals surface area contributed by atoms with Crippen LogP contribution in [0.25, 0.3) is 0 Å². The number of nitrogens with one attached hydrogen (secondary N) is 2. The summed E-state index contributed by atoms with van der Waals surface area (Å²) in [6.07, 6.45) is 1.26. The molecular weight excluding hydrogens is 262 g/mol. The highest BCUT2D eigenvalue weighted by atomic mass is 32.2. The van der Waals surface area contributed by atoms with Crippen molar-refractivity contribution >= 4 is 15.9 Å². The molecule has 6 heteroatoms. The standard InChI is InChI=1S/C13H21N3O2S/c1-4-5-11(13(14)15)16-19(17,18)12-7-6-9(2)8-10(12)3/h6-8,11,16H,4-5H2,1-3H3,(H3,14,15). The van der Waals surface area contributed by atoms with Crippen LogP contribution in [0.1, 0.15) is 30.9 Å². The molecule has 1 rings (SSSR count).